The highest BCUT2D eigenvalue weighted by Crippen LogP contribution is 2.39. The molecule has 18 heavy (non-hydrogen) atoms. The van der Waals surface area contributed by atoms with E-state index in [0.717, 1.165) is 18.8 Å². The quantitative estimate of drug-likeness (QED) is 0.616. The summed E-state index contributed by atoms with van der Waals surface area (Å²) in [6, 6.07) is 5.10. The third kappa shape index (κ3) is 2.72. The van der Waals surface area contributed by atoms with Crippen LogP contribution in [0.4, 0.5) is 11.4 Å². The number of thioether (sulfide) groups is 1. The molecule has 1 aliphatic heterocycles. The van der Waals surface area contributed by atoms with Crippen LogP contribution in [0, 0.1) is 10.1 Å². The SMILES string of the molecule is CC1(C)CN(c2cccc(Cl)c2[N+](=O)[O-])CCS1. The Morgan fingerprint density at radius 2 is 2.22 bits per heavy atom. The largest absolute Gasteiger partial charge is 0.364 e. The zero-order valence-electron chi connectivity index (χ0n) is 10.4. The Balaban J connectivity index is 2.39. The van der Waals surface area contributed by atoms with Crippen LogP contribution in [0.3, 0.4) is 0 Å². The second-order valence-corrected chi connectivity index (χ2v) is 7.10. The molecule has 0 atom stereocenters. The molecular weight excluding hydrogens is 272 g/mol. The lowest BCUT2D eigenvalue weighted by atomic mass is 10.1. The molecule has 0 saturated carbocycles. The van der Waals surface area contributed by atoms with Crippen molar-refractivity contribution in [2.24, 2.45) is 0 Å². The van der Waals surface area contributed by atoms with E-state index < -0.39 is 4.92 Å². The summed E-state index contributed by atoms with van der Waals surface area (Å²) < 4.78 is 0.106. The second-order valence-electron chi connectivity index (χ2n) is 4.89. The number of nitrogens with zero attached hydrogens (tertiary/aromatic N) is 2. The molecule has 0 aliphatic carbocycles. The van der Waals surface area contributed by atoms with Crippen LogP contribution in [0.15, 0.2) is 18.2 Å². The van der Waals surface area contributed by atoms with E-state index in [4.69, 9.17) is 11.6 Å². The molecule has 98 valence electrons. The van der Waals surface area contributed by atoms with Gasteiger partial charge in [0.1, 0.15) is 10.7 Å². The molecular formula is C12H15ClN2O2S. The molecule has 1 heterocycles. The molecule has 1 aromatic rings. The molecule has 0 radical (unpaired) electrons. The molecule has 2 rings (SSSR count). The van der Waals surface area contributed by atoms with E-state index in [1.807, 2.05) is 11.8 Å². The molecule has 1 aromatic carbocycles. The van der Waals surface area contributed by atoms with Gasteiger partial charge in [-0.1, -0.05) is 17.7 Å². The van der Waals surface area contributed by atoms with E-state index in [0.29, 0.717) is 5.69 Å². The first-order chi connectivity index (χ1) is 8.41. The number of anilines is 1. The Morgan fingerprint density at radius 1 is 1.50 bits per heavy atom. The summed E-state index contributed by atoms with van der Waals surface area (Å²) in [6.07, 6.45) is 0. The second kappa shape index (κ2) is 4.97. The number of hydrogen-bond acceptors (Lipinski definition) is 4. The van der Waals surface area contributed by atoms with Gasteiger partial charge in [-0.15, -0.1) is 0 Å². The first-order valence-corrected chi connectivity index (χ1v) is 7.09. The van der Waals surface area contributed by atoms with Crippen molar-refractivity contribution in [2.45, 2.75) is 18.6 Å². The summed E-state index contributed by atoms with van der Waals surface area (Å²) in [5.74, 6) is 0.969. The number of nitro benzene ring substituents is 1. The van der Waals surface area contributed by atoms with Gasteiger partial charge in [-0.05, 0) is 26.0 Å². The Bertz CT molecular complexity index is 479. The van der Waals surface area contributed by atoms with Gasteiger partial charge in [-0.3, -0.25) is 10.1 Å². The summed E-state index contributed by atoms with van der Waals surface area (Å²) in [5.41, 5.74) is 0.641. The fourth-order valence-corrected chi connectivity index (χ4v) is 3.51. The number of nitro groups is 1. The fourth-order valence-electron chi connectivity index (χ4n) is 2.16. The van der Waals surface area contributed by atoms with E-state index >= 15 is 0 Å². The monoisotopic (exact) mass is 286 g/mol. The van der Waals surface area contributed by atoms with E-state index in [9.17, 15) is 10.1 Å². The highest BCUT2D eigenvalue weighted by molar-refractivity contribution is 8.00. The Hall–Kier alpha value is -0.940. The van der Waals surface area contributed by atoms with Crippen LogP contribution in [0.25, 0.3) is 0 Å². The van der Waals surface area contributed by atoms with Crippen LogP contribution in [-0.2, 0) is 0 Å². The van der Waals surface area contributed by atoms with Gasteiger partial charge in [-0.25, -0.2) is 0 Å². The van der Waals surface area contributed by atoms with Gasteiger partial charge in [0, 0.05) is 23.6 Å². The molecule has 1 fully saturated rings. The summed E-state index contributed by atoms with van der Waals surface area (Å²) in [4.78, 5) is 12.8. The number of benzene rings is 1. The van der Waals surface area contributed by atoms with Gasteiger partial charge >= 0.3 is 5.69 Å². The molecule has 4 nitrogen and oxygen atoms in total. The fraction of sp³-hybridized carbons (Fsp3) is 0.500. The van der Waals surface area contributed by atoms with Crippen molar-refractivity contribution >= 4 is 34.7 Å². The summed E-state index contributed by atoms with van der Waals surface area (Å²) in [6.45, 7) is 5.91. The Kier molecular flexibility index (Phi) is 3.73. The maximum absolute atomic E-state index is 11.1. The van der Waals surface area contributed by atoms with Crippen LogP contribution in [0.5, 0.6) is 0 Å². The first-order valence-electron chi connectivity index (χ1n) is 5.72. The van der Waals surface area contributed by atoms with Crippen molar-refractivity contribution in [3.63, 3.8) is 0 Å². The molecule has 1 aliphatic rings. The minimum Gasteiger partial charge on any atom is -0.364 e. The predicted octanol–water partition coefficient (Wildman–Crippen LogP) is 3.58. The average molecular weight is 287 g/mol. The van der Waals surface area contributed by atoms with Gasteiger partial charge in [0.05, 0.1) is 4.92 Å². The summed E-state index contributed by atoms with van der Waals surface area (Å²) in [5, 5.41) is 11.3. The zero-order chi connectivity index (χ0) is 13.3. The van der Waals surface area contributed by atoms with Crippen LogP contribution < -0.4 is 4.90 Å². The van der Waals surface area contributed by atoms with Crippen LogP contribution in [0.1, 0.15) is 13.8 Å². The molecule has 0 unspecified atom stereocenters. The van der Waals surface area contributed by atoms with Crippen molar-refractivity contribution in [3.05, 3.63) is 33.3 Å². The molecule has 0 N–H and O–H groups in total. The van der Waals surface area contributed by atoms with E-state index in [1.54, 1.807) is 18.2 Å². The molecule has 0 amide bonds. The third-order valence-corrected chi connectivity index (χ3v) is 4.52. The highest BCUT2D eigenvalue weighted by Gasteiger charge is 2.31. The van der Waals surface area contributed by atoms with E-state index in [1.165, 1.54) is 0 Å². The van der Waals surface area contributed by atoms with Crippen LogP contribution >= 0.6 is 23.4 Å². The lowest BCUT2D eigenvalue weighted by molar-refractivity contribution is -0.384. The lowest BCUT2D eigenvalue weighted by Gasteiger charge is -2.38. The van der Waals surface area contributed by atoms with Gasteiger partial charge in [0.2, 0.25) is 0 Å². The van der Waals surface area contributed by atoms with E-state index in [-0.39, 0.29) is 15.5 Å². The summed E-state index contributed by atoms with van der Waals surface area (Å²) in [7, 11) is 0. The van der Waals surface area contributed by atoms with Gasteiger partial charge in [-0.2, -0.15) is 11.8 Å². The summed E-state index contributed by atoms with van der Waals surface area (Å²) >= 11 is 7.83. The van der Waals surface area contributed by atoms with Gasteiger partial charge in [0.25, 0.3) is 0 Å². The Morgan fingerprint density at radius 3 is 2.83 bits per heavy atom. The minimum absolute atomic E-state index is 0.0156. The van der Waals surface area contributed by atoms with Crippen LogP contribution in [0.2, 0.25) is 5.02 Å². The van der Waals surface area contributed by atoms with Crippen molar-refractivity contribution in [2.75, 3.05) is 23.7 Å². The molecule has 0 aromatic heterocycles. The van der Waals surface area contributed by atoms with Crippen molar-refractivity contribution < 1.29 is 4.92 Å². The number of hydrogen-bond donors (Lipinski definition) is 0. The maximum Gasteiger partial charge on any atom is 0.310 e. The molecule has 6 heteroatoms. The van der Waals surface area contributed by atoms with Crippen molar-refractivity contribution in [3.8, 4) is 0 Å². The molecule has 0 spiro atoms. The number of rotatable bonds is 2. The normalized spacial score (nSPS) is 18.7. The minimum atomic E-state index is -0.396. The predicted molar refractivity (Wildman–Crippen MR) is 76.9 cm³/mol. The van der Waals surface area contributed by atoms with Gasteiger partial charge in [0.15, 0.2) is 0 Å². The molecule has 1 saturated heterocycles. The topological polar surface area (TPSA) is 46.4 Å². The van der Waals surface area contributed by atoms with Crippen LogP contribution in [-0.4, -0.2) is 28.5 Å². The van der Waals surface area contributed by atoms with E-state index in [2.05, 4.69) is 18.7 Å². The highest BCUT2D eigenvalue weighted by atomic mass is 35.5. The van der Waals surface area contributed by atoms with Crippen molar-refractivity contribution in [1.82, 2.24) is 0 Å². The maximum atomic E-state index is 11.1. The standard InChI is InChI=1S/C12H15ClN2O2S/c1-12(2)8-14(6-7-18-12)10-5-3-4-9(13)11(10)15(16)17/h3-5H,6-8H2,1-2H3. The zero-order valence-corrected chi connectivity index (χ0v) is 11.9. The first kappa shape index (κ1) is 13.5. The number of halogens is 1. The Labute approximate surface area is 115 Å². The number of para-hydroxylation sites is 1. The average Bonchev–Trinajstić information content (AvgIpc) is 2.26. The molecule has 0 bridgehead atoms. The lowest BCUT2D eigenvalue weighted by Crippen LogP contribution is -2.43. The smallest absolute Gasteiger partial charge is 0.310 e. The van der Waals surface area contributed by atoms with Gasteiger partial charge < -0.3 is 4.90 Å². The third-order valence-electron chi connectivity index (χ3n) is 2.91. The van der Waals surface area contributed by atoms with Crippen molar-refractivity contribution in [1.29, 1.82) is 0 Å².